The molecule has 1 heterocycles. The van der Waals surface area contributed by atoms with Gasteiger partial charge in [-0.05, 0) is 36.8 Å². The van der Waals surface area contributed by atoms with Crippen LogP contribution in [-0.4, -0.2) is 37.4 Å². The molecule has 1 aliphatic carbocycles. The first-order valence-corrected chi connectivity index (χ1v) is 7.57. The molecular formula is C16H21NO4. The number of nitrogens with one attached hydrogen (secondary N) is 1. The fourth-order valence-electron chi connectivity index (χ4n) is 3.19. The Kier molecular flexibility index (Phi) is 4.29. The smallest absolute Gasteiger partial charge is 0.255 e. The molecule has 5 heteroatoms. The van der Waals surface area contributed by atoms with Gasteiger partial charge < -0.3 is 19.9 Å². The molecule has 0 aromatic heterocycles. The number of fused-ring (bicyclic) bond motifs is 1. The molecule has 2 unspecified atom stereocenters. The number of hydrogen-bond donors (Lipinski definition) is 2. The summed E-state index contributed by atoms with van der Waals surface area (Å²) >= 11 is 0. The van der Waals surface area contributed by atoms with Gasteiger partial charge in [0.25, 0.3) is 5.91 Å². The van der Waals surface area contributed by atoms with Crippen LogP contribution in [0.5, 0.6) is 11.5 Å². The Morgan fingerprint density at radius 3 is 2.90 bits per heavy atom. The predicted molar refractivity (Wildman–Crippen MR) is 77.7 cm³/mol. The summed E-state index contributed by atoms with van der Waals surface area (Å²) < 4.78 is 11.1. The summed E-state index contributed by atoms with van der Waals surface area (Å²) in [7, 11) is 0. The Bertz CT molecular complexity index is 517. The Morgan fingerprint density at radius 2 is 2.05 bits per heavy atom. The summed E-state index contributed by atoms with van der Waals surface area (Å²) in [5.74, 6) is 1.71. The zero-order chi connectivity index (χ0) is 14.7. The van der Waals surface area contributed by atoms with E-state index in [9.17, 15) is 9.90 Å². The lowest BCUT2D eigenvalue weighted by molar-refractivity contribution is 0.0927. The molecule has 2 aliphatic rings. The van der Waals surface area contributed by atoms with Gasteiger partial charge in [-0.15, -0.1) is 0 Å². The van der Waals surface area contributed by atoms with E-state index in [1.54, 1.807) is 12.1 Å². The number of hydrogen-bond acceptors (Lipinski definition) is 4. The average Bonchev–Trinajstić information content (AvgIpc) is 2.99. The van der Waals surface area contributed by atoms with Crippen molar-refractivity contribution in [2.24, 2.45) is 11.8 Å². The molecule has 21 heavy (non-hydrogen) atoms. The second-order valence-corrected chi connectivity index (χ2v) is 5.67. The molecular weight excluding hydrogens is 270 g/mol. The summed E-state index contributed by atoms with van der Waals surface area (Å²) in [5.41, 5.74) is 0.519. The van der Waals surface area contributed by atoms with Crippen LogP contribution in [0.1, 0.15) is 29.6 Å². The van der Waals surface area contributed by atoms with Crippen LogP contribution in [0.25, 0.3) is 0 Å². The number of aliphatic hydroxyl groups excluding tert-OH is 1. The molecule has 0 bridgehead atoms. The highest BCUT2D eigenvalue weighted by molar-refractivity contribution is 5.97. The molecule has 2 atom stereocenters. The van der Waals surface area contributed by atoms with Gasteiger partial charge in [-0.3, -0.25) is 4.79 Å². The number of rotatable bonds is 4. The highest BCUT2D eigenvalue weighted by Gasteiger charge is 2.27. The summed E-state index contributed by atoms with van der Waals surface area (Å²) in [6.45, 7) is 1.79. The number of para-hydroxylation sites is 1. The molecule has 5 nitrogen and oxygen atoms in total. The summed E-state index contributed by atoms with van der Waals surface area (Å²) in [6.07, 6.45) is 3.25. The standard InChI is InChI=1S/C16H21NO4/c18-10-12-4-1-3-11(12)9-17-16(19)13-5-2-6-14-15(13)21-8-7-20-14/h2,5-6,11-12,18H,1,3-4,7-10H2,(H,17,19). The van der Waals surface area contributed by atoms with Gasteiger partial charge in [0, 0.05) is 13.2 Å². The minimum atomic E-state index is -0.138. The van der Waals surface area contributed by atoms with E-state index >= 15 is 0 Å². The molecule has 3 rings (SSSR count). The lowest BCUT2D eigenvalue weighted by Gasteiger charge is -2.21. The largest absolute Gasteiger partial charge is 0.486 e. The molecule has 1 fully saturated rings. The highest BCUT2D eigenvalue weighted by atomic mass is 16.6. The minimum absolute atomic E-state index is 0.138. The van der Waals surface area contributed by atoms with Crippen molar-refractivity contribution >= 4 is 5.91 Å². The lowest BCUT2D eigenvalue weighted by Crippen LogP contribution is -2.32. The van der Waals surface area contributed by atoms with Gasteiger partial charge in [0.2, 0.25) is 0 Å². The van der Waals surface area contributed by atoms with Crippen molar-refractivity contribution in [2.45, 2.75) is 19.3 Å². The van der Waals surface area contributed by atoms with Crippen molar-refractivity contribution in [3.63, 3.8) is 0 Å². The van der Waals surface area contributed by atoms with Crippen LogP contribution in [0.2, 0.25) is 0 Å². The molecule has 0 spiro atoms. The van der Waals surface area contributed by atoms with Gasteiger partial charge in [0.1, 0.15) is 13.2 Å². The van der Waals surface area contributed by atoms with E-state index in [0.717, 1.165) is 19.3 Å². The van der Waals surface area contributed by atoms with Crippen molar-refractivity contribution in [3.05, 3.63) is 23.8 Å². The molecule has 2 N–H and O–H groups in total. The van der Waals surface area contributed by atoms with Gasteiger partial charge in [0.15, 0.2) is 11.5 Å². The number of benzene rings is 1. The zero-order valence-electron chi connectivity index (χ0n) is 12.0. The van der Waals surface area contributed by atoms with Crippen LogP contribution in [0.15, 0.2) is 18.2 Å². The third-order valence-corrected chi connectivity index (χ3v) is 4.39. The first-order valence-electron chi connectivity index (χ1n) is 7.57. The van der Waals surface area contributed by atoms with Crippen LogP contribution in [0.3, 0.4) is 0 Å². The van der Waals surface area contributed by atoms with E-state index in [-0.39, 0.29) is 12.5 Å². The van der Waals surface area contributed by atoms with E-state index in [0.29, 0.717) is 48.7 Å². The van der Waals surface area contributed by atoms with Gasteiger partial charge in [-0.25, -0.2) is 0 Å². The molecule has 1 saturated carbocycles. The summed E-state index contributed by atoms with van der Waals surface area (Å²) in [4.78, 5) is 12.4. The van der Waals surface area contributed by atoms with Crippen LogP contribution in [-0.2, 0) is 0 Å². The zero-order valence-corrected chi connectivity index (χ0v) is 12.0. The maximum absolute atomic E-state index is 12.4. The van der Waals surface area contributed by atoms with Crippen molar-refractivity contribution in [1.82, 2.24) is 5.32 Å². The number of carbonyl (C=O) groups excluding carboxylic acids is 1. The van der Waals surface area contributed by atoms with Crippen LogP contribution in [0.4, 0.5) is 0 Å². The SMILES string of the molecule is O=C(NCC1CCCC1CO)c1cccc2c1OCCO2. The second-order valence-electron chi connectivity index (χ2n) is 5.67. The Hall–Kier alpha value is -1.75. The third kappa shape index (κ3) is 2.97. The van der Waals surface area contributed by atoms with E-state index in [4.69, 9.17) is 9.47 Å². The van der Waals surface area contributed by atoms with Crippen molar-refractivity contribution in [3.8, 4) is 11.5 Å². The van der Waals surface area contributed by atoms with Crippen molar-refractivity contribution in [2.75, 3.05) is 26.4 Å². The van der Waals surface area contributed by atoms with E-state index < -0.39 is 0 Å². The number of aliphatic hydroxyl groups is 1. The Labute approximate surface area is 124 Å². The summed E-state index contributed by atoms with van der Waals surface area (Å²) in [6, 6.07) is 5.36. The Morgan fingerprint density at radius 1 is 1.24 bits per heavy atom. The number of ether oxygens (including phenoxy) is 2. The minimum Gasteiger partial charge on any atom is -0.486 e. The maximum Gasteiger partial charge on any atom is 0.255 e. The first-order chi connectivity index (χ1) is 10.3. The molecule has 1 amide bonds. The van der Waals surface area contributed by atoms with E-state index in [1.807, 2.05) is 6.07 Å². The van der Waals surface area contributed by atoms with Gasteiger partial charge in [0.05, 0.1) is 5.56 Å². The fraction of sp³-hybridized carbons (Fsp3) is 0.562. The molecule has 0 radical (unpaired) electrons. The molecule has 1 aromatic carbocycles. The quantitative estimate of drug-likeness (QED) is 0.884. The average molecular weight is 291 g/mol. The molecule has 0 saturated heterocycles. The number of amides is 1. The predicted octanol–water partition coefficient (Wildman–Crippen LogP) is 1.60. The lowest BCUT2D eigenvalue weighted by atomic mass is 9.97. The monoisotopic (exact) mass is 291 g/mol. The molecule has 114 valence electrons. The molecule has 1 aliphatic heterocycles. The van der Waals surface area contributed by atoms with Crippen molar-refractivity contribution < 1.29 is 19.4 Å². The fourth-order valence-corrected chi connectivity index (χ4v) is 3.19. The van der Waals surface area contributed by atoms with Gasteiger partial charge in [-0.1, -0.05) is 12.5 Å². The summed E-state index contributed by atoms with van der Waals surface area (Å²) in [5, 5.41) is 12.3. The molecule has 1 aromatic rings. The van der Waals surface area contributed by atoms with E-state index in [1.165, 1.54) is 0 Å². The number of carbonyl (C=O) groups is 1. The van der Waals surface area contributed by atoms with Crippen molar-refractivity contribution in [1.29, 1.82) is 0 Å². The Balaban J connectivity index is 1.66. The topological polar surface area (TPSA) is 67.8 Å². The highest BCUT2D eigenvalue weighted by Crippen LogP contribution is 2.34. The normalized spacial score (nSPS) is 23.9. The van der Waals surface area contributed by atoms with Gasteiger partial charge in [-0.2, -0.15) is 0 Å². The third-order valence-electron chi connectivity index (χ3n) is 4.39. The van der Waals surface area contributed by atoms with Crippen LogP contribution in [0, 0.1) is 11.8 Å². The van der Waals surface area contributed by atoms with E-state index in [2.05, 4.69) is 5.32 Å². The van der Waals surface area contributed by atoms with Crippen LogP contribution >= 0.6 is 0 Å². The second kappa shape index (κ2) is 6.35. The van der Waals surface area contributed by atoms with Gasteiger partial charge >= 0.3 is 0 Å². The first kappa shape index (κ1) is 14.2. The van der Waals surface area contributed by atoms with Crippen LogP contribution < -0.4 is 14.8 Å². The maximum atomic E-state index is 12.4.